The van der Waals surface area contributed by atoms with Crippen LogP contribution in [0.4, 0.5) is 11.4 Å². The second kappa shape index (κ2) is 6.24. The van der Waals surface area contributed by atoms with Crippen LogP contribution < -0.4 is 16.6 Å². The Kier molecular flexibility index (Phi) is 4.08. The molecule has 0 aliphatic carbocycles. The number of hydrogen-bond acceptors (Lipinski definition) is 6. The summed E-state index contributed by atoms with van der Waals surface area (Å²) in [6.07, 6.45) is 1.37. The fourth-order valence-electron chi connectivity index (χ4n) is 2.52. The summed E-state index contributed by atoms with van der Waals surface area (Å²) in [6, 6.07) is 6.48. The van der Waals surface area contributed by atoms with Crippen LogP contribution in [0.25, 0.3) is 11.0 Å². The van der Waals surface area contributed by atoms with E-state index in [9.17, 15) is 24.5 Å². The fraction of sp³-hybridized carbons (Fsp3) is 0.125. The van der Waals surface area contributed by atoms with Gasteiger partial charge in [-0.1, -0.05) is 0 Å². The molecule has 1 aromatic carbocycles. The number of aromatic nitrogens is 3. The van der Waals surface area contributed by atoms with Crippen LogP contribution in [0.15, 0.2) is 46.1 Å². The third-order valence-electron chi connectivity index (χ3n) is 3.93. The van der Waals surface area contributed by atoms with Gasteiger partial charge in [-0.15, -0.1) is 0 Å². The molecular formula is C16H13N5O5. The lowest BCUT2D eigenvalue weighted by molar-refractivity contribution is -0.384. The molecular weight excluding hydrogens is 342 g/mol. The van der Waals surface area contributed by atoms with Crippen LogP contribution in [-0.4, -0.2) is 24.9 Å². The maximum Gasteiger partial charge on any atom is 0.332 e. The molecule has 1 N–H and O–H groups in total. The van der Waals surface area contributed by atoms with Gasteiger partial charge in [0.25, 0.3) is 17.2 Å². The molecule has 0 saturated heterocycles. The first-order valence-corrected chi connectivity index (χ1v) is 7.42. The Balaban J connectivity index is 2.06. The first kappa shape index (κ1) is 17.0. The molecule has 2 aromatic heterocycles. The van der Waals surface area contributed by atoms with Gasteiger partial charge in [0.2, 0.25) is 0 Å². The Morgan fingerprint density at radius 3 is 2.38 bits per heavy atom. The highest BCUT2D eigenvalue weighted by atomic mass is 16.6. The monoisotopic (exact) mass is 355 g/mol. The highest BCUT2D eigenvalue weighted by Crippen LogP contribution is 2.18. The number of nitro groups is 1. The number of non-ortho nitro benzene ring substituents is 1. The van der Waals surface area contributed by atoms with Gasteiger partial charge in [0.1, 0.15) is 5.39 Å². The van der Waals surface area contributed by atoms with E-state index in [1.54, 1.807) is 0 Å². The zero-order chi connectivity index (χ0) is 19.0. The SMILES string of the molecule is Cn1c(=O)c2c(NC(=O)c3ccc([N+](=O)[O-])cc3)ccnc2n(C)c1=O. The van der Waals surface area contributed by atoms with E-state index in [0.717, 1.165) is 4.57 Å². The van der Waals surface area contributed by atoms with E-state index in [0.29, 0.717) is 0 Å². The van der Waals surface area contributed by atoms with Crippen molar-refractivity contribution in [2.24, 2.45) is 14.1 Å². The van der Waals surface area contributed by atoms with E-state index in [-0.39, 0.29) is 28.0 Å². The lowest BCUT2D eigenvalue weighted by Gasteiger charge is -2.11. The van der Waals surface area contributed by atoms with Crippen LogP contribution in [0, 0.1) is 10.1 Å². The largest absolute Gasteiger partial charge is 0.332 e. The van der Waals surface area contributed by atoms with Gasteiger partial charge in [-0.3, -0.25) is 28.8 Å². The average Bonchev–Trinajstić information content (AvgIpc) is 2.64. The van der Waals surface area contributed by atoms with Crippen molar-refractivity contribution in [1.82, 2.24) is 14.1 Å². The van der Waals surface area contributed by atoms with Gasteiger partial charge < -0.3 is 5.32 Å². The second-order valence-corrected chi connectivity index (χ2v) is 5.52. The molecule has 0 spiro atoms. The zero-order valence-corrected chi connectivity index (χ0v) is 13.8. The summed E-state index contributed by atoms with van der Waals surface area (Å²) in [7, 11) is 2.80. The van der Waals surface area contributed by atoms with E-state index in [2.05, 4.69) is 10.3 Å². The number of amides is 1. The number of carbonyl (C=O) groups excluding carboxylic acids is 1. The van der Waals surface area contributed by atoms with Crippen LogP contribution >= 0.6 is 0 Å². The molecule has 0 unspecified atom stereocenters. The molecule has 0 aliphatic rings. The summed E-state index contributed by atoms with van der Waals surface area (Å²) in [4.78, 5) is 51.0. The maximum absolute atomic E-state index is 12.4. The molecule has 0 atom stereocenters. The molecule has 2 heterocycles. The minimum absolute atomic E-state index is 0.0901. The smallest absolute Gasteiger partial charge is 0.321 e. The number of pyridine rings is 1. The van der Waals surface area contributed by atoms with Gasteiger partial charge in [-0.2, -0.15) is 0 Å². The van der Waals surface area contributed by atoms with Crippen LogP contribution in [0.2, 0.25) is 0 Å². The van der Waals surface area contributed by atoms with Crippen molar-refractivity contribution in [1.29, 1.82) is 0 Å². The molecule has 26 heavy (non-hydrogen) atoms. The van der Waals surface area contributed by atoms with E-state index in [4.69, 9.17) is 0 Å². The number of fused-ring (bicyclic) bond motifs is 1. The van der Waals surface area contributed by atoms with Crippen molar-refractivity contribution in [3.05, 3.63) is 73.0 Å². The van der Waals surface area contributed by atoms with Crippen LogP contribution in [-0.2, 0) is 14.1 Å². The number of benzene rings is 1. The topological polar surface area (TPSA) is 129 Å². The maximum atomic E-state index is 12.4. The molecule has 0 saturated carbocycles. The van der Waals surface area contributed by atoms with Crippen molar-refractivity contribution in [3.8, 4) is 0 Å². The van der Waals surface area contributed by atoms with Crippen molar-refractivity contribution in [2.75, 3.05) is 5.32 Å². The average molecular weight is 355 g/mol. The molecule has 0 radical (unpaired) electrons. The van der Waals surface area contributed by atoms with Gasteiger partial charge in [0.05, 0.1) is 10.6 Å². The van der Waals surface area contributed by atoms with Crippen molar-refractivity contribution in [2.45, 2.75) is 0 Å². The van der Waals surface area contributed by atoms with E-state index >= 15 is 0 Å². The Morgan fingerprint density at radius 2 is 1.77 bits per heavy atom. The highest BCUT2D eigenvalue weighted by molar-refractivity contribution is 6.08. The molecule has 3 aromatic rings. The quantitative estimate of drug-likeness (QED) is 0.546. The molecule has 0 bridgehead atoms. The van der Waals surface area contributed by atoms with Gasteiger partial charge in [-0.05, 0) is 18.2 Å². The summed E-state index contributed by atoms with van der Waals surface area (Å²) in [6.45, 7) is 0. The van der Waals surface area contributed by atoms with Crippen LogP contribution in [0.3, 0.4) is 0 Å². The summed E-state index contributed by atoms with van der Waals surface area (Å²) in [5.74, 6) is -0.552. The molecule has 0 fully saturated rings. The number of anilines is 1. The minimum Gasteiger partial charge on any atom is -0.321 e. The molecule has 10 nitrogen and oxygen atoms in total. The Morgan fingerprint density at radius 1 is 1.12 bits per heavy atom. The first-order chi connectivity index (χ1) is 12.3. The molecule has 0 aliphatic heterocycles. The molecule has 1 amide bonds. The minimum atomic E-state index is -0.588. The van der Waals surface area contributed by atoms with Crippen molar-refractivity contribution < 1.29 is 9.72 Å². The summed E-state index contributed by atoms with van der Waals surface area (Å²) in [5.41, 5.74) is -0.750. The third kappa shape index (κ3) is 2.73. The number of nitrogens with zero attached hydrogens (tertiary/aromatic N) is 4. The summed E-state index contributed by atoms with van der Waals surface area (Å²) < 4.78 is 2.13. The number of rotatable bonds is 3. The van der Waals surface area contributed by atoms with Gasteiger partial charge in [0, 0.05) is 38.0 Å². The lowest BCUT2D eigenvalue weighted by Crippen LogP contribution is -2.37. The molecule has 132 valence electrons. The molecule has 3 rings (SSSR count). The number of hydrogen-bond donors (Lipinski definition) is 1. The fourth-order valence-corrected chi connectivity index (χ4v) is 2.52. The zero-order valence-electron chi connectivity index (χ0n) is 13.8. The van der Waals surface area contributed by atoms with Gasteiger partial charge in [0.15, 0.2) is 5.65 Å². The van der Waals surface area contributed by atoms with Gasteiger partial charge in [-0.25, -0.2) is 9.78 Å². The highest BCUT2D eigenvalue weighted by Gasteiger charge is 2.16. The van der Waals surface area contributed by atoms with E-state index in [1.807, 2.05) is 0 Å². The predicted molar refractivity (Wildman–Crippen MR) is 93.3 cm³/mol. The van der Waals surface area contributed by atoms with Gasteiger partial charge >= 0.3 is 5.69 Å². The number of nitro benzene ring substituents is 1. The normalized spacial score (nSPS) is 10.7. The Labute approximate surface area is 145 Å². The van der Waals surface area contributed by atoms with Crippen LogP contribution in [0.1, 0.15) is 10.4 Å². The second-order valence-electron chi connectivity index (χ2n) is 5.52. The summed E-state index contributed by atoms with van der Waals surface area (Å²) in [5, 5.41) is 13.4. The number of nitrogens with one attached hydrogen (secondary N) is 1. The third-order valence-corrected chi connectivity index (χ3v) is 3.93. The van der Waals surface area contributed by atoms with Crippen molar-refractivity contribution in [3.63, 3.8) is 0 Å². The van der Waals surface area contributed by atoms with Crippen LogP contribution in [0.5, 0.6) is 0 Å². The van der Waals surface area contributed by atoms with E-state index < -0.39 is 22.1 Å². The standard InChI is InChI=1S/C16H13N5O5/c1-19-13-12(15(23)20(2)16(19)24)11(7-8-17-13)18-14(22)9-3-5-10(6-4-9)21(25)26/h3-8H,1-2H3,(H,17,18,22). The molecule has 10 heteroatoms. The van der Waals surface area contributed by atoms with E-state index in [1.165, 1.54) is 55.2 Å². The predicted octanol–water partition coefficient (Wildman–Crippen LogP) is 0.793. The summed E-state index contributed by atoms with van der Waals surface area (Å²) >= 11 is 0. The number of carbonyl (C=O) groups is 1. The Hall–Kier alpha value is -3.82. The number of aryl methyl sites for hydroxylation is 1. The Bertz CT molecular complexity index is 1160. The van der Waals surface area contributed by atoms with Crippen molar-refractivity contribution >= 4 is 28.3 Å². The first-order valence-electron chi connectivity index (χ1n) is 7.42. The lowest BCUT2D eigenvalue weighted by atomic mass is 10.2.